The highest BCUT2D eigenvalue weighted by molar-refractivity contribution is 7.80. The molecule has 0 aliphatic carbocycles. The van der Waals surface area contributed by atoms with E-state index < -0.39 is 0 Å². The monoisotopic (exact) mass is 452 g/mol. The summed E-state index contributed by atoms with van der Waals surface area (Å²) >= 11 is 5.54. The summed E-state index contributed by atoms with van der Waals surface area (Å²) in [6.07, 6.45) is 7.18. The van der Waals surface area contributed by atoms with Crippen LogP contribution in [0.4, 0.5) is 17.6 Å². The summed E-state index contributed by atoms with van der Waals surface area (Å²) in [5.74, 6) is 2.50. The Morgan fingerprint density at radius 2 is 1.78 bits per heavy atom. The van der Waals surface area contributed by atoms with Crippen LogP contribution in [-0.2, 0) is 17.7 Å². The van der Waals surface area contributed by atoms with E-state index in [1.54, 1.807) is 0 Å². The first-order valence-corrected chi connectivity index (χ1v) is 12.3. The summed E-state index contributed by atoms with van der Waals surface area (Å²) in [5, 5.41) is 7.05. The van der Waals surface area contributed by atoms with E-state index in [0.717, 1.165) is 63.7 Å². The molecule has 0 saturated carbocycles. The zero-order valence-corrected chi connectivity index (χ0v) is 19.4. The average Bonchev–Trinajstić information content (AvgIpc) is 3.37. The van der Waals surface area contributed by atoms with E-state index in [4.69, 9.17) is 26.9 Å². The van der Waals surface area contributed by atoms with Crippen molar-refractivity contribution < 1.29 is 4.74 Å². The van der Waals surface area contributed by atoms with E-state index in [-0.39, 0.29) is 6.10 Å². The summed E-state index contributed by atoms with van der Waals surface area (Å²) in [6.45, 7) is 5.46. The number of hydrogen-bond donors (Lipinski definition) is 2. The number of benzene rings is 1. The third-order valence-corrected chi connectivity index (χ3v) is 6.82. The van der Waals surface area contributed by atoms with Crippen molar-refractivity contribution in [2.45, 2.75) is 51.2 Å². The van der Waals surface area contributed by atoms with Crippen LogP contribution in [0.3, 0.4) is 0 Å². The van der Waals surface area contributed by atoms with Crippen LogP contribution in [-0.4, -0.2) is 54.0 Å². The number of hydrogen-bond acceptors (Lipinski definition) is 6. The third kappa shape index (κ3) is 5.13. The Bertz CT molecular complexity index is 942. The van der Waals surface area contributed by atoms with E-state index in [9.17, 15) is 0 Å². The number of nitrogens with zero attached hydrogens (tertiary/aromatic N) is 4. The zero-order chi connectivity index (χ0) is 21.8. The topological polar surface area (TPSA) is 65.6 Å². The molecule has 4 heterocycles. The minimum atomic E-state index is 0.235. The molecule has 0 amide bonds. The van der Waals surface area contributed by atoms with Crippen molar-refractivity contribution >= 4 is 34.9 Å². The van der Waals surface area contributed by atoms with Crippen molar-refractivity contribution in [1.29, 1.82) is 0 Å². The molecule has 170 valence electrons. The van der Waals surface area contributed by atoms with Gasteiger partial charge >= 0.3 is 0 Å². The van der Waals surface area contributed by atoms with Crippen LogP contribution in [0.5, 0.6) is 0 Å². The van der Waals surface area contributed by atoms with Gasteiger partial charge in [-0.15, -0.1) is 0 Å². The Hall–Kier alpha value is -2.45. The van der Waals surface area contributed by atoms with E-state index in [2.05, 4.69) is 50.8 Å². The molecule has 1 atom stereocenters. The second kappa shape index (κ2) is 10.0. The largest absolute Gasteiger partial charge is 0.376 e. The number of fused-ring (bicyclic) bond motifs is 1. The van der Waals surface area contributed by atoms with Gasteiger partial charge in [-0.05, 0) is 61.9 Å². The predicted molar refractivity (Wildman–Crippen MR) is 132 cm³/mol. The lowest BCUT2D eigenvalue weighted by atomic mass is 10.00. The maximum atomic E-state index is 5.68. The number of piperidine rings is 1. The summed E-state index contributed by atoms with van der Waals surface area (Å²) in [6, 6.07) is 10.8. The maximum absolute atomic E-state index is 5.68. The zero-order valence-electron chi connectivity index (χ0n) is 18.6. The molecule has 0 bridgehead atoms. The van der Waals surface area contributed by atoms with Gasteiger partial charge in [-0.3, -0.25) is 0 Å². The minimum absolute atomic E-state index is 0.235. The quantitative estimate of drug-likeness (QED) is 0.669. The van der Waals surface area contributed by atoms with E-state index in [1.165, 1.54) is 30.4 Å². The summed E-state index contributed by atoms with van der Waals surface area (Å²) in [7, 11) is 0. The molecule has 3 aliphatic rings. The van der Waals surface area contributed by atoms with Crippen LogP contribution in [0, 0.1) is 0 Å². The van der Waals surface area contributed by atoms with Crippen molar-refractivity contribution in [1.82, 2.24) is 15.3 Å². The molecule has 5 rings (SSSR count). The molecule has 2 saturated heterocycles. The highest BCUT2D eigenvalue weighted by Gasteiger charge is 2.21. The number of anilines is 3. The van der Waals surface area contributed by atoms with E-state index in [0.29, 0.717) is 17.6 Å². The maximum Gasteiger partial charge on any atom is 0.232 e. The van der Waals surface area contributed by atoms with Gasteiger partial charge in [0.2, 0.25) is 5.95 Å². The van der Waals surface area contributed by atoms with E-state index in [1.807, 2.05) is 0 Å². The van der Waals surface area contributed by atoms with E-state index >= 15 is 0 Å². The number of ether oxygens (including phenoxy) is 1. The smallest absolute Gasteiger partial charge is 0.232 e. The second-order valence-electron chi connectivity index (χ2n) is 8.87. The SMILES string of the molecule is S=C(NC[C@@H]1CCCO1)Nc1nc(N2CCCCC2)cc(N2CCc3ccccc3C2)n1. The fourth-order valence-electron chi connectivity index (χ4n) is 4.77. The summed E-state index contributed by atoms with van der Waals surface area (Å²) in [5.41, 5.74) is 2.81. The van der Waals surface area contributed by atoms with Gasteiger partial charge in [0.05, 0.1) is 6.10 Å². The van der Waals surface area contributed by atoms with Crippen molar-refractivity contribution in [2.24, 2.45) is 0 Å². The summed E-state index contributed by atoms with van der Waals surface area (Å²) in [4.78, 5) is 14.4. The van der Waals surface area contributed by atoms with Crippen molar-refractivity contribution in [2.75, 3.05) is 47.9 Å². The van der Waals surface area contributed by atoms with Gasteiger partial charge in [-0.2, -0.15) is 9.97 Å². The van der Waals surface area contributed by atoms with Gasteiger partial charge in [-0.25, -0.2) is 0 Å². The first-order chi connectivity index (χ1) is 15.7. The molecule has 7 nitrogen and oxygen atoms in total. The van der Waals surface area contributed by atoms with Gasteiger partial charge in [0.25, 0.3) is 0 Å². The fourth-order valence-corrected chi connectivity index (χ4v) is 4.95. The van der Waals surface area contributed by atoms with Crippen molar-refractivity contribution in [3.05, 3.63) is 41.5 Å². The molecular formula is C24H32N6OS. The Balaban J connectivity index is 1.34. The standard InChI is InChI=1S/C24H32N6OS/c32-24(25-16-20-9-6-14-31-20)28-23-26-21(29-11-4-1-5-12-29)15-22(27-23)30-13-10-18-7-2-3-8-19(18)17-30/h2-3,7-8,15,20H,1,4-6,9-14,16-17H2,(H2,25,26,27,28,32)/t20-/m0/s1. The van der Waals surface area contributed by atoms with Crippen LogP contribution in [0.1, 0.15) is 43.2 Å². The molecule has 0 spiro atoms. The number of aromatic nitrogens is 2. The molecule has 0 unspecified atom stereocenters. The number of rotatable bonds is 5. The Morgan fingerprint density at radius 1 is 1.00 bits per heavy atom. The predicted octanol–water partition coefficient (Wildman–Crippen LogP) is 3.50. The van der Waals surface area contributed by atoms with Crippen LogP contribution >= 0.6 is 12.2 Å². The lowest BCUT2D eigenvalue weighted by Gasteiger charge is -2.32. The molecular weight excluding hydrogens is 420 g/mol. The Kier molecular flexibility index (Phi) is 6.69. The highest BCUT2D eigenvalue weighted by atomic mass is 32.1. The molecule has 2 fully saturated rings. The normalized spacial score (nSPS) is 20.7. The lowest BCUT2D eigenvalue weighted by molar-refractivity contribution is 0.114. The lowest BCUT2D eigenvalue weighted by Crippen LogP contribution is -2.36. The second-order valence-corrected chi connectivity index (χ2v) is 9.27. The average molecular weight is 453 g/mol. The molecule has 3 aliphatic heterocycles. The van der Waals surface area contributed by atoms with Crippen molar-refractivity contribution in [3.63, 3.8) is 0 Å². The van der Waals surface area contributed by atoms with Crippen LogP contribution in [0.2, 0.25) is 0 Å². The van der Waals surface area contributed by atoms with Gasteiger partial charge in [0.1, 0.15) is 11.6 Å². The first kappa shape index (κ1) is 21.4. The van der Waals surface area contributed by atoms with Gasteiger partial charge in [0, 0.05) is 45.4 Å². The minimum Gasteiger partial charge on any atom is -0.376 e. The third-order valence-electron chi connectivity index (χ3n) is 6.57. The molecule has 0 radical (unpaired) electrons. The Morgan fingerprint density at radius 3 is 2.56 bits per heavy atom. The molecule has 2 N–H and O–H groups in total. The van der Waals surface area contributed by atoms with Crippen molar-refractivity contribution in [3.8, 4) is 0 Å². The van der Waals surface area contributed by atoms with Crippen LogP contribution in [0.25, 0.3) is 0 Å². The van der Waals surface area contributed by atoms with Crippen LogP contribution in [0.15, 0.2) is 30.3 Å². The summed E-state index contributed by atoms with van der Waals surface area (Å²) < 4.78 is 5.68. The molecule has 2 aromatic rings. The van der Waals surface area contributed by atoms with Gasteiger partial charge in [0.15, 0.2) is 5.11 Å². The molecule has 8 heteroatoms. The first-order valence-electron chi connectivity index (χ1n) is 11.9. The molecule has 1 aromatic heterocycles. The number of nitrogens with one attached hydrogen (secondary N) is 2. The molecule has 32 heavy (non-hydrogen) atoms. The Labute approximate surface area is 195 Å². The fraction of sp³-hybridized carbons (Fsp3) is 0.542. The molecule has 1 aromatic carbocycles. The van der Waals surface area contributed by atoms with Gasteiger partial charge < -0.3 is 25.2 Å². The van der Waals surface area contributed by atoms with Crippen LogP contribution < -0.4 is 20.4 Å². The van der Waals surface area contributed by atoms with Gasteiger partial charge in [-0.1, -0.05) is 24.3 Å². The highest BCUT2D eigenvalue weighted by Crippen LogP contribution is 2.28. The number of thiocarbonyl (C=S) groups is 1.